The SMILES string of the molecule is C=C/C=C\C=C\[S+](c1ccccc1)c1cc(C)c(OCC(=O)OC(C)(C)C)c(C)c1. The van der Waals surface area contributed by atoms with Gasteiger partial charge in [0.05, 0.1) is 10.9 Å². The third-order valence-electron chi connectivity index (χ3n) is 4.01. The molecule has 2 aromatic carbocycles. The molecule has 0 aliphatic carbocycles. The minimum Gasteiger partial charge on any atom is -0.481 e. The summed E-state index contributed by atoms with van der Waals surface area (Å²) in [4.78, 5) is 14.5. The molecule has 4 heteroatoms. The van der Waals surface area contributed by atoms with Gasteiger partial charge in [-0.3, -0.25) is 0 Å². The molecule has 0 aliphatic rings. The van der Waals surface area contributed by atoms with E-state index in [2.05, 4.69) is 54.5 Å². The van der Waals surface area contributed by atoms with E-state index in [4.69, 9.17) is 9.47 Å². The van der Waals surface area contributed by atoms with E-state index in [1.165, 1.54) is 9.79 Å². The molecule has 0 bridgehead atoms. The third kappa shape index (κ3) is 7.27. The molecule has 0 radical (unpaired) electrons. The van der Waals surface area contributed by atoms with Gasteiger partial charge in [0.25, 0.3) is 0 Å². The van der Waals surface area contributed by atoms with Gasteiger partial charge in [0.15, 0.2) is 16.4 Å². The predicted molar refractivity (Wildman–Crippen MR) is 126 cm³/mol. The molecule has 0 fully saturated rings. The minimum absolute atomic E-state index is 0.102. The Morgan fingerprint density at radius 3 is 2.20 bits per heavy atom. The van der Waals surface area contributed by atoms with Crippen molar-refractivity contribution in [1.82, 2.24) is 0 Å². The second kappa shape index (κ2) is 10.9. The van der Waals surface area contributed by atoms with E-state index in [1.54, 1.807) is 6.08 Å². The standard InChI is InChI=1S/C26H31O3S/c1-7-8-9-13-16-30(22-14-11-10-12-15-22)23-17-20(2)25(21(3)18-23)28-19-24(27)29-26(4,5)6/h7-18H,1,19H2,2-6H3/q+1/b9-8-,16-13+. The summed E-state index contributed by atoms with van der Waals surface area (Å²) in [5.41, 5.74) is 1.47. The number of benzene rings is 2. The summed E-state index contributed by atoms with van der Waals surface area (Å²) < 4.78 is 11.2. The Hall–Kier alpha value is -2.72. The Bertz CT molecular complexity index is 898. The van der Waals surface area contributed by atoms with E-state index in [1.807, 2.05) is 52.8 Å². The molecule has 1 atom stereocenters. The molecular weight excluding hydrogens is 392 g/mol. The van der Waals surface area contributed by atoms with Crippen LogP contribution >= 0.6 is 0 Å². The first kappa shape index (κ1) is 23.6. The smallest absolute Gasteiger partial charge is 0.344 e. The van der Waals surface area contributed by atoms with E-state index in [0.717, 1.165) is 16.9 Å². The first-order chi connectivity index (χ1) is 14.2. The van der Waals surface area contributed by atoms with Crippen LogP contribution in [0, 0.1) is 13.8 Å². The molecule has 2 aromatic rings. The fourth-order valence-corrected chi connectivity index (χ4v) is 4.79. The van der Waals surface area contributed by atoms with E-state index in [9.17, 15) is 4.79 Å². The lowest BCUT2D eigenvalue weighted by Crippen LogP contribution is -2.27. The number of aryl methyl sites for hydroxylation is 2. The summed E-state index contributed by atoms with van der Waals surface area (Å²) in [5, 5.41) is 2.20. The van der Waals surface area contributed by atoms with E-state index >= 15 is 0 Å². The number of rotatable bonds is 8. The molecule has 0 amide bonds. The molecular formula is C26H31O3S+. The Kier molecular flexibility index (Phi) is 8.55. The quantitative estimate of drug-likeness (QED) is 0.283. The fourth-order valence-electron chi connectivity index (χ4n) is 2.89. The van der Waals surface area contributed by atoms with Gasteiger partial charge >= 0.3 is 5.97 Å². The molecule has 158 valence electrons. The van der Waals surface area contributed by atoms with Crippen LogP contribution in [0.3, 0.4) is 0 Å². The zero-order valence-electron chi connectivity index (χ0n) is 18.5. The van der Waals surface area contributed by atoms with Crippen LogP contribution in [0.5, 0.6) is 5.75 Å². The van der Waals surface area contributed by atoms with E-state index < -0.39 is 5.60 Å². The number of hydrogen-bond donors (Lipinski definition) is 0. The maximum Gasteiger partial charge on any atom is 0.344 e. The van der Waals surface area contributed by atoms with Crippen LogP contribution in [0.2, 0.25) is 0 Å². The van der Waals surface area contributed by atoms with Crippen LogP contribution in [0.4, 0.5) is 0 Å². The van der Waals surface area contributed by atoms with Crippen LogP contribution in [0.15, 0.2) is 88.5 Å². The lowest BCUT2D eigenvalue weighted by atomic mass is 10.1. The lowest BCUT2D eigenvalue weighted by Gasteiger charge is -2.20. The van der Waals surface area contributed by atoms with Gasteiger partial charge in [-0.05, 0) is 64.0 Å². The van der Waals surface area contributed by atoms with Gasteiger partial charge in [0, 0.05) is 12.1 Å². The molecule has 0 saturated carbocycles. The summed E-state index contributed by atoms with van der Waals surface area (Å²) in [6.07, 6.45) is 7.70. The van der Waals surface area contributed by atoms with E-state index in [-0.39, 0.29) is 23.5 Å². The van der Waals surface area contributed by atoms with Crippen LogP contribution in [0.1, 0.15) is 31.9 Å². The number of hydrogen-bond acceptors (Lipinski definition) is 3. The number of esters is 1. The van der Waals surface area contributed by atoms with Gasteiger partial charge in [-0.1, -0.05) is 43.0 Å². The van der Waals surface area contributed by atoms with E-state index in [0.29, 0.717) is 0 Å². The average Bonchev–Trinajstić information content (AvgIpc) is 2.66. The van der Waals surface area contributed by atoms with Gasteiger partial charge in [-0.2, -0.15) is 0 Å². The molecule has 2 rings (SSSR count). The Labute approximate surface area is 183 Å². The number of ether oxygens (including phenoxy) is 2. The highest BCUT2D eigenvalue weighted by Crippen LogP contribution is 2.32. The van der Waals surface area contributed by atoms with Gasteiger partial charge in [-0.15, -0.1) is 0 Å². The van der Waals surface area contributed by atoms with Crippen molar-refractivity contribution >= 4 is 16.9 Å². The van der Waals surface area contributed by atoms with Crippen molar-refractivity contribution in [2.75, 3.05) is 6.61 Å². The van der Waals surface area contributed by atoms with Crippen LogP contribution in [0.25, 0.3) is 0 Å². The molecule has 30 heavy (non-hydrogen) atoms. The summed E-state index contributed by atoms with van der Waals surface area (Å²) in [7, 11) is -0.223. The lowest BCUT2D eigenvalue weighted by molar-refractivity contribution is -0.157. The van der Waals surface area contributed by atoms with Crippen LogP contribution < -0.4 is 4.74 Å². The maximum atomic E-state index is 12.0. The molecule has 0 aromatic heterocycles. The van der Waals surface area contributed by atoms with Gasteiger partial charge in [0.1, 0.15) is 16.8 Å². The van der Waals surface area contributed by atoms with Crippen LogP contribution in [-0.4, -0.2) is 18.2 Å². The summed E-state index contributed by atoms with van der Waals surface area (Å²) in [6.45, 7) is 13.2. The van der Waals surface area contributed by atoms with Gasteiger partial charge in [-0.25, -0.2) is 4.79 Å². The Morgan fingerprint density at radius 1 is 1.00 bits per heavy atom. The minimum atomic E-state index is -0.523. The monoisotopic (exact) mass is 423 g/mol. The third-order valence-corrected chi connectivity index (χ3v) is 5.97. The highest BCUT2D eigenvalue weighted by Gasteiger charge is 2.25. The number of allylic oxidation sites excluding steroid dienone is 4. The first-order valence-corrected chi connectivity index (χ1v) is 11.2. The molecule has 3 nitrogen and oxygen atoms in total. The molecule has 0 heterocycles. The normalized spacial score (nSPS) is 12.8. The molecule has 0 saturated heterocycles. The molecule has 1 unspecified atom stereocenters. The number of carbonyl (C=O) groups is 1. The second-order valence-electron chi connectivity index (χ2n) is 7.86. The summed E-state index contributed by atoms with van der Waals surface area (Å²) in [6, 6.07) is 14.7. The Balaban J connectivity index is 2.29. The average molecular weight is 424 g/mol. The zero-order chi connectivity index (χ0) is 22.1. The summed E-state index contributed by atoms with van der Waals surface area (Å²) >= 11 is 0. The van der Waals surface area contributed by atoms with Crippen molar-refractivity contribution in [1.29, 1.82) is 0 Å². The molecule has 0 spiro atoms. The highest BCUT2D eigenvalue weighted by molar-refractivity contribution is 7.99. The van der Waals surface area contributed by atoms with Gasteiger partial charge in [0.2, 0.25) is 0 Å². The van der Waals surface area contributed by atoms with Crippen molar-refractivity contribution in [2.45, 2.75) is 50.0 Å². The van der Waals surface area contributed by atoms with Gasteiger partial charge < -0.3 is 9.47 Å². The molecule has 0 N–H and O–H groups in total. The zero-order valence-corrected chi connectivity index (χ0v) is 19.3. The highest BCUT2D eigenvalue weighted by atomic mass is 32.2. The van der Waals surface area contributed by atoms with Crippen molar-refractivity contribution < 1.29 is 14.3 Å². The largest absolute Gasteiger partial charge is 0.481 e. The summed E-state index contributed by atoms with van der Waals surface area (Å²) in [5.74, 6) is 0.364. The van der Waals surface area contributed by atoms with Crippen LogP contribution in [-0.2, 0) is 20.4 Å². The topological polar surface area (TPSA) is 35.5 Å². The fraction of sp³-hybridized carbons (Fsp3) is 0.269. The van der Waals surface area contributed by atoms with Crippen molar-refractivity contribution in [3.63, 3.8) is 0 Å². The van der Waals surface area contributed by atoms with Crippen molar-refractivity contribution in [3.8, 4) is 5.75 Å². The maximum absolute atomic E-state index is 12.0. The first-order valence-electron chi connectivity index (χ1n) is 9.91. The Morgan fingerprint density at radius 2 is 1.63 bits per heavy atom. The second-order valence-corrected chi connectivity index (χ2v) is 9.75. The van der Waals surface area contributed by atoms with Crippen molar-refractivity contribution in [3.05, 3.63) is 89.9 Å². The molecule has 0 aliphatic heterocycles. The predicted octanol–water partition coefficient (Wildman–Crippen LogP) is 6.32. The number of carbonyl (C=O) groups excluding carboxylic acids is 1. The van der Waals surface area contributed by atoms with Crippen molar-refractivity contribution in [2.24, 2.45) is 0 Å².